The molecule has 0 saturated heterocycles. The van der Waals surface area contributed by atoms with Gasteiger partial charge in [-0.3, -0.25) is 0 Å². The summed E-state index contributed by atoms with van der Waals surface area (Å²) in [5.74, 6) is -1.23. The number of rotatable bonds is 7. The average Bonchev–Trinajstić information content (AvgIpc) is 2.78. The molecule has 0 aliphatic carbocycles. The van der Waals surface area contributed by atoms with Gasteiger partial charge in [0.15, 0.2) is 0 Å². The highest BCUT2D eigenvalue weighted by Gasteiger charge is 2.29. The van der Waals surface area contributed by atoms with Gasteiger partial charge in [-0.1, -0.05) is 6.92 Å². The summed E-state index contributed by atoms with van der Waals surface area (Å²) in [6, 6.07) is 1.06. The lowest BCUT2D eigenvalue weighted by molar-refractivity contribution is 0.0691. The average molecular weight is 290 g/mol. The number of carbonyl (C=O) groups is 1. The Labute approximate surface area is 111 Å². The number of hydrogen-bond donors (Lipinski definition) is 4. The van der Waals surface area contributed by atoms with Gasteiger partial charge in [0, 0.05) is 18.3 Å². The maximum Gasteiger partial charge on any atom is 0.352 e. The molecule has 1 rings (SSSR count). The van der Waals surface area contributed by atoms with Gasteiger partial charge in [0.2, 0.25) is 10.0 Å². The van der Waals surface area contributed by atoms with E-state index in [1.165, 1.54) is 0 Å². The summed E-state index contributed by atoms with van der Waals surface area (Å²) in [6.45, 7) is 3.35. The van der Waals surface area contributed by atoms with Gasteiger partial charge < -0.3 is 15.2 Å². The first-order chi connectivity index (χ1) is 8.74. The molecule has 0 radical (unpaired) electrons. The molecule has 1 aromatic rings. The monoisotopic (exact) mass is 290 g/mol. The number of H-pyrrole nitrogens is 1. The van der Waals surface area contributed by atoms with Crippen LogP contribution in [-0.4, -0.2) is 41.7 Å². The first-order valence-corrected chi connectivity index (χ1v) is 7.29. The number of sulfonamides is 1. The summed E-state index contributed by atoms with van der Waals surface area (Å²) in [7, 11) is -3.82. The van der Waals surface area contributed by atoms with Gasteiger partial charge in [-0.25, -0.2) is 17.9 Å². The van der Waals surface area contributed by atoms with Crippen LogP contribution < -0.4 is 4.72 Å². The van der Waals surface area contributed by atoms with E-state index < -0.39 is 21.5 Å². The Morgan fingerprint density at radius 2 is 2.16 bits per heavy atom. The lowest BCUT2D eigenvalue weighted by Gasteiger charge is -2.28. The van der Waals surface area contributed by atoms with Crippen molar-refractivity contribution in [2.45, 2.75) is 37.1 Å². The van der Waals surface area contributed by atoms with E-state index in [1.54, 1.807) is 13.8 Å². The van der Waals surface area contributed by atoms with Crippen molar-refractivity contribution in [2.75, 3.05) is 6.61 Å². The SMILES string of the molecule is CCC(C)(CCO)NS(=O)(=O)c1c[nH]c(C(=O)O)c1. The van der Waals surface area contributed by atoms with E-state index in [0.29, 0.717) is 6.42 Å². The van der Waals surface area contributed by atoms with Gasteiger partial charge in [0.1, 0.15) is 10.6 Å². The standard InChI is InChI=1S/C11H18N2O5S/c1-3-11(2,4-5-14)13-19(17,18)8-6-9(10(15)16)12-7-8/h6-7,12-14H,3-5H2,1-2H3,(H,15,16). The van der Waals surface area contributed by atoms with Crippen LogP contribution in [0.25, 0.3) is 0 Å². The molecule has 8 heteroatoms. The number of aromatic amines is 1. The minimum atomic E-state index is -3.82. The Morgan fingerprint density at radius 3 is 2.58 bits per heavy atom. The topological polar surface area (TPSA) is 119 Å². The molecule has 19 heavy (non-hydrogen) atoms. The minimum absolute atomic E-state index is 0.137. The number of hydrogen-bond acceptors (Lipinski definition) is 4. The van der Waals surface area contributed by atoms with Crippen molar-refractivity contribution in [1.82, 2.24) is 9.71 Å². The van der Waals surface area contributed by atoms with Crippen molar-refractivity contribution < 1.29 is 23.4 Å². The van der Waals surface area contributed by atoms with Crippen LogP contribution in [0.3, 0.4) is 0 Å². The molecule has 0 aliphatic heterocycles. The van der Waals surface area contributed by atoms with Gasteiger partial charge >= 0.3 is 5.97 Å². The molecule has 1 heterocycles. The van der Waals surface area contributed by atoms with Crippen LogP contribution >= 0.6 is 0 Å². The first kappa shape index (κ1) is 15.7. The molecule has 0 spiro atoms. The fraction of sp³-hybridized carbons (Fsp3) is 0.545. The molecular weight excluding hydrogens is 272 g/mol. The predicted molar refractivity (Wildman–Crippen MR) is 68.5 cm³/mol. The van der Waals surface area contributed by atoms with E-state index >= 15 is 0 Å². The third-order valence-corrected chi connectivity index (χ3v) is 4.64. The van der Waals surface area contributed by atoms with Gasteiger partial charge in [-0.2, -0.15) is 0 Å². The molecule has 1 aromatic heterocycles. The number of aromatic nitrogens is 1. The summed E-state index contributed by atoms with van der Waals surface area (Å²) < 4.78 is 26.7. The molecule has 0 amide bonds. The van der Waals surface area contributed by atoms with Gasteiger partial charge in [0.25, 0.3) is 0 Å². The van der Waals surface area contributed by atoms with Crippen molar-refractivity contribution in [1.29, 1.82) is 0 Å². The summed E-state index contributed by atoms with van der Waals surface area (Å²) in [5, 5.41) is 17.7. The second kappa shape index (κ2) is 5.72. The van der Waals surface area contributed by atoms with E-state index in [2.05, 4.69) is 9.71 Å². The summed E-state index contributed by atoms with van der Waals surface area (Å²) in [5.41, 5.74) is -0.963. The Bertz CT molecular complexity index is 551. The normalized spacial score (nSPS) is 15.1. The zero-order valence-corrected chi connectivity index (χ0v) is 11.6. The quantitative estimate of drug-likeness (QED) is 0.584. The maximum absolute atomic E-state index is 12.1. The number of aliphatic hydroxyl groups excluding tert-OH is 1. The van der Waals surface area contributed by atoms with Crippen LogP contribution in [0.4, 0.5) is 0 Å². The molecule has 0 saturated carbocycles. The van der Waals surface area contributed by atoms with E-state index in [-0.39, 0.29) is 23.6 Å². The number of carboxylic acid groups (broad SMARTS) is 1. The van der Waals surface area contributed by atoms with Crippen molar-refractivity contribution >= 4 is 16.0 Å². The van der Waals surface area contributed by atoms with Gasteiger partial charge in [-0.15, -0.1) is 0 Å². The fourth-order valence-corrected chi connectivity index (χ4v) is 3.08. The van der Waals surface area contributed by atoms with E-state index in [9.17, 15) is 13.2 Å². The highest BCUT2D eigenvalue weighted by Crippen LogP contribution is 2.19. The molecule has 7 nitrogen and oxygen atoms in total. The molecule has 0 aliphatic rings. The van der Waals surface area contributed by atoms with Crippen LogP contribution in [0.1, 0.15) is 37.2 Å². The highest BCUT2D eigenvalue weighted by atomic mass is 32.2. The molecule has 1 atom stereocenters. The van der Waals surface area contributed by atoms with Gasteiger partial charge in [0.05, 0.1) is 0 Å². The number of nitrogens with one attached hydrogen (secondary N) is 2. The lowest BCUT2D eigenvalue weighted by atomic mass is 9.97. The zero-order chi connectivity index (χ0) is 14.7. The second-order valence-corrected chi connectivity index (χ2v) is 6.23. The number of carboxylic acids is 1. The van der Waals surface area contributed by atoms with Crippen LogP contribution in [0.15, 0.2) is 17.2 Å². The molecule has 0 fully saturated rings. The highest BCUT2D eigenvalue weighted by molar-refractivity contribution is 7.89. The molecule has 4 N–H and O–H groups in total. The molecule has 0 aromatic carbocycles. The third-order valence-electron chi connectivity index (χ3n) is 3.02. The van der Waals surface area contributed by atoms with E-state index in [1.807, 2.05) is 0 Å². The zero-order valence-electron chi connectivity index (χ0n) is 10.8. The Hall–Kier alpha value is -1.38. The van der Waals surface area contributed by atoms with Crippen LogP contribution in [0, 0.1) is 0 Å². The number of aliphatic hydroxyl groups is 1. The van der Waals surface area contributed by atoms with Crippen LogP contribution in [0.5, 0.6) is 0 Å². The van der Waals surface area contributed by atoms with E-state index in [0.717, 1.165) is 12.3 Å². The van der Waals surface area contributed by atoms with Crippen molar-refractivity contribution in [3.8, 4) is 0 Å². The fourth-order valence-electron chi connectivity index (χ4n) is 1.58. The third kappa shape index (κ3) is 3.79. The van der Waals surface area contributed by atoms with Crippen LogP contribution in [0.2, 0.25) is 0 Å². The van der Waals surface area contributed by atoms with Crippen molar-refractivity contribution in [3.05, 3.63) is 18.0 Å². The van der Waals surface area contributed by atoms with Crippen LogP contribution in [-0.2, 0) is 10.0 Å². The minimum Gasteiger partial charge on any atom is -0.477 e. The summed E-state index contributed by atoms with van der Waals surface area (Å²) >= 11 is 0. The Morgan fingerprint density at radius 1 is 1.53 bits per heavy atom. The maximum atomic E-state index is 12.1. The molecule has 108 valence electrons. The Balaban J connectivity index is 3.00. The first-order valence-electron chi connectivity index (χ1n) is 5.80. The summed E-state index contributed by atoms with van der Waals surface area (Å²) in [4.78, 5) is 12.9. The van der Waals surface area contributed by atoms with Crippen molar-refractivity contribution in [3.63, 3.8) is 0 Å². The Kier molecular flexibility index (Phi) is 4.72. The molecule has 0 bridgehead atoms. The lowest BCUT2D eigenvalue weighted by Crippen LogP contribution is -2.45. The predicted octanol–water partition coefficient (Wildman–Crippen LogP) is 0.542. The van der Waals surface area contributed by atoms with E-state index in [4.69, 9.17) is 10.2 Å². The number of aromatic carboxylic acids is 1. The molecular formula is C11H18N2O5S. The second-order valence-electron chi connectivity index (χ2n) is 4.55. The largest absolute Gasteiger partial charge is 0.477 e. The summed E-state index contributed by atoms with van der Waals surface area (Å²) in [6.07, 6.45) is 1.91. The smallest absolute Gasteiger partial charge is 0.352 e. The van der Waals surface area contributed by atoms with Gasteiger partial charge in [-0.05, 0) is 25.8 Å². The molecule has 1 unspecified atom stereocenters. The van der Waals surface area contributed by atoms with Crippen molar-refractivity contribution in [2.24, 2.45) is 0 Å².